The largest absolute Gasteiger partial charge is 0.385 e. The second kappa shape index (κ2) is 8.02. The topological polar surface area (TPSA) is 66.9 Å². The quantitative estimate of drug-likeness (QED) is 0.400. The Morgan fingerprint density at radius 2 is 1.72 bits per heavy atom. The predicted octanol–water partition coefficient (Wildman–Crippen LogP) is 3.10. The fourth-order valence-electron chi connectivity index (χ4n) is 5.35. The number of para-hydroxylation sites is 1. The third-order valence-corrected chi connectivity index (χ3v) is 6.84. The van der Waals surface area contributed by atoms with Crippen LogP contribution in [0.2, 0.25) is 0 Å². The van der Waals surface area contributed by atoms with E-state index in [4.69, 9.17) is 4.74 Å². The number of hydrogen-bond donors (Lipinski definition) is 0. The zero-order valence-corrected chi connectivity index (χ0v) is 18.2. The number of carbonyl (C=O) groups excluding carboxylic acids is 3. The lowest BCUT2D eigenvalue weighted by molar-refractivity contribution is -0.140. The van der Waals surface area contributed by atoms with E-state index in [9.17, 15) is 14.4 Å². The molecule has 5 rings (SSSR count). The first kappa shape index (κ1) is 20.6. The molecule has 0 N–H and O–H groups in total. The first-order chi connectivity index (χ1) is 15.5. The van der Waals surface area contributed by atoms with Crippen LogP contribution in [-0.2, 0) is 14.3 Å². The molecule has 3 aliphatic rings. The molecule has 2 fully saturated rings. The van der Waals surface area contributed by atoms with Crippen molar-refractivity contribution in [2.45, 2.75) is 25.4 Å². The van der Waals surface area contributed by atoms with Crippen LogP contribution in [0.5, 0.6) is 0 Å². The Bertz CT molecular complexity index is 1110. The smallest absolute Gasteiger partial charge is 0.235 e. The fraction of sp³-hybridized carbons (Fsp3) is 0.346. The van der Waals surface area contributed by atoms with Gasteiger partial charge in [0, 0.05) is 31.5 Å². The van der Waals surface area contributed by atoms with Crippen molar-refractivity contribution in [3.05, 3.63) is 71.3 Å². The maximum Gasteiger partial charge on any atom is 0.235 e. The van der Waals surface area contributed by atoms with Crippen LogP contribution < -0.4 is 4.90 Å². The van der Waals surface area contributed by atoms with E-state index in [1.165, 1.54) is 4.90 Å². The van der Waals surface area contributed by atoms with Crippen LogP contribution in [0, 0.1) is 18.8 Å². The van der Waals surface area contributed by atoms with Crippen molar-refractivity contribution in [3.8, 4) is 0 Å². The minimum absolute atomic E-state index is 0.118. The normalized spacial score (nSPS) is 25.7. The summed E-state index contributed by atoms with van der Waals surface area (Å²) in [6.07, 6.45) is 4.56. The number of hydrogen-bond acceptors (Lipinski definition) is 5. The molecule has 2 amide bonds. The maximum absolute atomic E-state index is 13.8. The Kier molecular flexibility index (Phi) is 5.18. The number of fused-ring (bicyclic) bond motifs is 5. The third-order valence-electron chi connectivity index (χ3n) is 6.84. The van der Waals surface area contributed by atoms with Gasteiger partial charge in [-0.05, 0) is 25.0 Å². The SMILES string of the molecule is COCCCN1C(=O)[C@@H]2[C@@H](C1=O)[C@H](C(=O)c1ccc(C)cc1)N1c3ccccc3C=C[C@H]21. The van der Waals surface area contributed by atoms with Crippen LogP contribution >= 0.6 is 0 Å². The maximum atomic E-state index is 13.8. The summed E-state index contributed by atoms with van der Waals surface area (Å²) in [5, 5.41) is 0. The predicted molar refractivity (Wildman–Crippen MR) is 121 cm³/mol. The van der Waals surface area contributed by atoms with Crippen molar-refractivity contribution in [1.82, 2.24) is 4.90 Å². The second-order valence-electron chi connectivity index (χ2n) is 8.72. The van der Waals surface area contributed by atoms with Crippen molar-refractivity contribution in [1.29, 1.82) is 0 Å². The molecular formula is C26H26N2O4. The number of methoxy groups -OCH3 is 1. The lowest BCUT2D eigenvalue weighted by atomic mass is 9.86. The second-order valence-corrected chi connectivity index (χ2v) is 8.72. The summed E-state index contributed by atoms with van der Waals surface area (Å²) >= 11 is 0. The molecule has 3 aliphatic heterocycles. The summed E-state index contributed by atoms with van der Waals surface area (Å²) in [5.41, 5.74) is 3.50. The van der Waals surface area contributed by atoms with Gasteiger partial charge in [-0.1, -0.05) is 60.2 Å². The Hall–Kier alpha value is -3.25. The molecule has 6 heteroatoms. The number of anilines is 1. The number of imide groups is 1. The Morgan fingerprint density at radius 3 is 2.47 bits per heavy atom. The van der Waals surface area contributed by atoms with Gasteiger partial charge in [-0.25, -0.2) is 0 Å². The minimum Gasteiger partial charge on any atom is -0.385 e. The van der Waals surface area contributed by atoms with E-state index in [1.54, 1.807) is 7.11 Å². The van der Waals surface area contributed by atoms with E-state index in [0.29, 0.717) is 25.1 Å². The molecule has 3 heterocycles. The number of carbonyl (C=O) groups is 3. The molecule has 0 aliphatic carbocycles. The number of aryl methyl sites for hydroxylation is 1. The summed E-state index contributed by atoms with van der Waals surface area (Å²) in [6.45, 7) is 2.76. The Morgan fingerprint density at radius 1 is 1.00 bits per heavy atom. The van der Waals surface area contributed by atoms with Crippen LogP contribution in [0.25, 0.3) is 6.08 Å². The Labute approximate surface area is 187 Å². The van der Waals surface area contributed by atoms with Gasteiger partial charge in [0.2, 0.25) is 11.8 Å². The number of amides is 2. The summed E-state index contributed by atoms with van der Waals surface area (Å²) in [4.78, 5) is 44.1. The molecule has 32 heavy (non-hydrogen) atoms. The molecule has 2 aromatic carbocycles. The molecule has 0 aromatic heterocycles. The summed E-state index contributed by atoms with van der Waals surface area (Å²) < 4.78 is 5.10. The zero-order valence-electron chi connectivity index (χ0n) is 18.2. The number of ketones is 1. The van der Waals surface area contributed by atoms with E-state index in [0.717, 1.165) is 16.8 Å². The molecule has 4 atom stereocenters. The molecule has 0 radical (unpaired) electrons. The lowest BCUT2D eigenvalue weighted by Gasteiger charge is -2.36. The van der Waals surface area contributed by atoms with Gasteiger partial charge in [0.1, 0.15) is 6.04 Å². The van der Waals surface area contributed by atoms with Gasteiger partial charge in [-0.15, -0.1) is 0 Å². The highest BCUT2D eigenvalue weighted by Gasteiger charge is 2.63. The summed E-state index contributed by atoms with van der Waals surface area (Å²) in [7, 11) is 1.60. The first-order valence-corrected chi connectivity index (χ1v) is 11.0. The van der Waals surface area contributed by atoms with Gasteiger partial charge >= 0.3 is 0 Å². The van der Waals surface area contributed by atoms with Crippen LogP contribution in [-0.4, -0.2) is 54.8 Å². The molecule has 0 saturated carbocycles. The van der Waals surface area contributed by atoms with Crippen LogP contribution in [0.3, 0.4) is 0 Å². The van der Waals surface area contributed by atoms with E-state index in [2.05, 4.69) is 0 Å². The molecule has 2 saturated heterocycles. The van der Waals surface area contributed by atoms with Gasteiger partial charge in [0.15, 0.2) is 5.78 Å². The minimum atomic E-state index is -0.720. The highest BCUT2D eigenvalue weighted by molar-refractivity contribution is 6.14. The standard InChI is InChI=1S/C26H26N2O4/c1-16-8-10-18(11-9-16)24(29)23-22-21(25(30)27(26(22)31)14-5-15-32-2)20-13-12-17-6-3-4-7-19(17)28(20)23/h3-4,6-13,20-23H,5,14-15H2,1-2H3/t20-,21+,22-,23-/m1/s1. The molecule has 0 spiro atoms. The van der Waals surface area contributed by atoms with E-state index in [1.807, 2.05) is 72.5 Å². The zero-order chi connectivity index (χ0) is 22.4. The van der Waals surface area contributed by atoms with Crippen LogP contribution in [0.1, 0.15) is 27.9 Å². The van der Waals surface area contributed by atoms with Gasteiger partial charge < -0.3 is 9.64 Å². The lowest BCUT2D eigenvalue weighted by Crippen LogP contribution is -2.48. The molecule has 6 nitrogen and oxygen atoms in total. The highest BCUT2D eigenvalue weighted by Crippen LogP contribution is 2.49. The first-order valence-electron chi connectivity index (χ1n) is 11.0. The third kappa shape index (κ3) is 3.09. The van der Waals surface area contributed by atoms with Crippen LogP contribution in [0.4, 0.5) is 5.69 Å². The molecule has 0 unspecified atom stereocenters. The van der Waals surface area contributed by atoms with E-state index in [-0.39, 0.29) is 23.6 Å². The van der Waals surface area contributed by atoms with Crippen molar-refractivity contribution in [2.24, 2.45) is 11.8 Å². The van der Waals surface area contributed by atoms with Gasteiger partial charge in [0.25, 0.3) is 0 Å². The molecular weight excluding hydrogens is 404 g/mol. The van der Waals surface area contributed by atoms with Crippen molar-refractivity contribution in [2.75, 3.05) is 25.2 Å². The molecule has 0 bridgehead atoms. The van der Waals surface area contributed by atoms with Gasteiger partial charge in [0.05, 0.1) is 17.9 Å². The monoisotopic (exact) mass is 430 g/mol. The number of likely N-dealkylation sites (tertiary alicyclic amines) is 1. The molecule has 164 valence electrons. The number of nitrogens with zero attached hydrogens (tertiary/aromatic N) is 2. The van der Waals surface area contributed by atoms with Crippen LogP contribution in [0.15, 0.2) is 54.6 Å². The van der Waals surface area contributed by atoms with Crippen molar-refractivity contribution < 1.29 is 19.1 Å². The van der Waals surface area contributed by atoms with Crippen molar-refractivity contribution in [3.63, 3.8) is 0 Å². The summed E-state index contributed by atoms with van der Waals surface area (Å²) in [5.74, 6) is -1.81. The molecule has 2 aromatic rings. The number of benzene rings is 2. The van der Waals surface area contributed by atoms with Gasteiger partial charge in [-0.3, -0.25) is 19.3 Å². The number of Topliss-reactive ketones (excluding diaryl/α,β-unsaturated/α-hetero) is 1. The van der Waals surface area contributed by atoms with E-state index < -0.39 is 17.9 Å². The average molecular weight is 431 g/mol. The van der Waals surface area contributed by atoms with Gasteiger partial charge in [-0.2, -0.15) is 0 Å². The van der Waals surface area contributed by atoms with E-state index >= 15 is 0 Å². The fourth-order valence-corrected chi connectivity index (χ4v) is 5.35. The number of rotatable bonds is 6. The van der Waals surface area contributed by atoms with Crippen molar-refractivity contribution >= 4 is 29.4 Å². The average Bonchev–Trinajstić information content (AvgIpc) is 3.28. The summed E-state index contributed by atoms with van der Waals surface area (Å²) in [6, 6.07) is 14.2. The highest BCUT2D eigenvalue weighted by atomic mass is 16.5. The number of ether oxygens (including phenoxy) is 1. The Balaban J connectivity index is 1.58.